The molecule has 0 aliphatic rings. The van der Waals surface area contributed by atoms with E-state index < -0.39 is 11.7 Å². The zero-order chi connectivity index (χ0) is 11.5. The molecule has 0 fully saturated rings. The highest BCUT2D eigenvalue weighted by Crippen LogP contribution is 2.20. The highest BCUT2D eigenvalue weighted by atomic mass is 35.5. The molecule has 82 valence electrons. The van der Waals surface area contributed by atoms with E-state index in [-0.39, 0.29) is 11.4 Å². The number of halogens is 2. The minimum absolute atomic E-state index is 0.0468. The minimum atomic E-state index is -0.534. The van der Waals surface area contributed by atoms with E-state index in [1.54, 1.807) is 5.38 Å². The van der Waals surface area contributed by atoms with Crippen molar-refractivity contribution in [3.05, 3.63) is 45.6 Å². The molecule has 0 saturated heterocycles. The Morgan fingerprint density at radius 1 is 1.50 bits per heavy atom. The van der Waals surface area contributed by atoms with Gasteiger partial charge < -0.3 is 5.32 Å². The third kappa shape index (κ3) is 2.37. The molecule has 0 spiro atoms. The predicted molar refractivity (Wildman–Crippen MR) is 61.5 cm³/mol. The van der Waals surface area contributed by atoms with E-state index in [9.17, 15) is 9.18 Å². The third-order valence-corrected chi connectivity index (χ3v) is 2.66. The van der Waals surface area contributed by atoms with E-state index in [4.69, 9.17) is 11.6 Å². The molecular weight excluding hydrogens is 251 g/mol. The molecule has 16 heavy (non-hydrogen) atoms. The summed E-state index contributed by atoms with van der Waals surface area (Å²) < 4.78 is 13.3. The summed E-state index contributed by atoms with van der Waals surface area (Å²) in [5.41, 5.74) is 1.83. The average molecular weight is 257 g/mol. The average Bonchev–Trinajstić information content (AvgIpc) is 2.76. The van der Waals surface area contributed by atoms with Gasteiger partial charge >= 0.3 is 0 Å². The maximum Gasteiger partial charge on any atom is 0.275 e. The molecule has 1 N–H and O–H groups in total. The number of thiazole rings is 1. The Morgan fingerprint density at radius 3 is 3.00 bits per heavy atom. The van der Waals surface area contributed by atoms with E-state index in [1.807, 2.05) is 0 Å². The maximum absolute atomic E-state index is 13.3. The molecule has 0 aliphatic heterocycles. The van der Waals surface area contributed by atoms with E-state index in [1.165, 1.54) is 35.0 Å². The van der Waals surface area contributed by atoms with Crippen LogP contribution >= 0.6 is 22.9 Å². The fourth-order valence-corrected chi connectivity index (χ4v) is 1.81. The Morgan fingerprint density at radius 2 is 2.31 bits per heavy atom. The van der Waals surface area contributed by atoms with Crippen molar-refractivity contribution in [2.24, 2.45) is 0 Å². The third-order valence-electron chi connectivity index (χ3n) is 1.84. The number of carbonyl (C=O) groups excluding carboxylic acids is 1. The first-order valence-corrected chi connectivity index (χ1v) is 5.63. The molecule has 0 unspecified atom stereocenters. The summed E-state index contributed by atoms with van der Waals surface area (Å²) in [6, 6.07) is 3.95. The van der Waals surface area contributed by atoms with Crippen LogP contribution in [-0.2, 0) is 0 Å². The predicted octanol–water partition coefficient (Wildman–Crippen LogP) is 3.19. The zero-order valence-electron chi connectivity index (χ0n) is 7.91. The zero-order valence-corrected chi connectivity index (χ0v) is 9.48. The van der Waals surface area contributed by atoms with Crippen molar-refractivity contribution < 1.29 is 9.18 Å². The molecule has 2 aromatic rings. The lowest BCUT2D eigenvalue weighted by Crippen LogP contribution is -2.13. The van der Waals surface area contributed by atoms with Gasteiger partial charge in [0, 0.05) is 10.4 Å². The van der Waals surface area contributed by atoms with E-state index in [0.29, 0.717) is 5.02 Å². The Kier molecular flexibility index (Phi) is 3.17. The van der Waals surface area contributed by atoms with Crippen LogP contribution in [0.25, 0.3) is 0 Å². The van der Waals surface area contributed by atoms with Crippen LogP contribution in [0.2, 0.25) is 5.02 Å². The van der Waals surface area contributed by atoms with Gasteiger partial charge in [-0.1, -0.05) is 11.6 Å². The first-order valence-electron chi connectivity index (χ1n) is 4.31. The second-order valence-electron chi connectivity index (χ2n) is 2.95. The smallest absolute Gasteiger partial charge is 0.275 e. The number of anilines is 1. The Bertz CT molecular complexity index is 516. The van der Waals surface area contributed by atoms with E-state index in [2.05, 4.69) is 10.3 Å². The lowest BCUT2D eigenvalue weighted by Gasteiger charge is -2.04. The largest absolute Gasteiger partial charge is 0.318 e. The van der Waals surface area contributed by atoms with Crippen molar-refractivity contribution >= 4 is 34.5 Å². The van der Waals surface area contributed by atoms with E-state index >= 15 is 0 Å². The molecule has 3 nitrogen and oxygen atoms in total. The van der Waals surface area contributed by atoms with Crippen molar-refractivity contribution in [3.63, 3.8) is 0 Å². The second kappa shape index (κ2) is 4.59. The van der Waals surface area contributed by atoms with Gasteiger partial charge in [0.05, 0.1) is 11.2 Å². The van der Waals surface area contributed by atoms with Crippen molar-refractivity contribution in [2.75, 3.05) is 5.32 Å². The molecule has 1 aromatic heterocycles. The summed E-state index contributed by atoms with van der Waals surface area (Å²) in [4.78, 5) is 15.4. The van der Waals surface area contributed by atoms with Crippen molar-refractivity contribution in [1.29, 1.82) is 0 Å². The summed E-state index contributed by atoms with van der Waals surface area (Å²) >= 11 is 6.99. The van der Waals surface area contributed by atoms with Gasteiger partial charge in [-0.05, 0) is 18.2 Å². The van der Waals surface area contributed by atoms with Gasteiger partial charge in [0.25, 0.3) is 5.91 Å². The van der Waals surface area contributed by atoms with Gasteiger partial charge in [-0.15, -0.1) is 11.3 Å². The fourth-order valence-electron chi connectivity index (χ4n) is 1.10. The lowest BCUT2D eigenvalue weighted by atomic mass is 10.3. The molecule has 1 amide bonds. The number of nitrogens with zero attached hydrogens (tertiary/aromatic N) is 1. The number of carbonyl (C=O) groups is 1. The minimum Gasteiger partial charge on any atom is -0.318 e. The standard InChI is InChI=1S/C10H6ClFN2OS/c11-6-1-2-7(12)8(3-6)14-10(15)9-4-16-5-13-9/h1-5H,(H,14,15). The highest BCUT2D eigenvalue weighted by Gasteiger charge is 2.10. The van der Waals surface area contributed by atoms with Crippen LogP contribution in [0.1, 0.15) is 10.5 Å². The summed E-state index contributed by atoms with van der Waals surface area (Å²) in [6.07, 6.45) is 0. The van der Waals surface area contributed by atoms with Gasteiger partial charge in [0.15, 0.2) is 0 Å². The van der Waals surface area contributed by atoms with Gasteiger partial charge in [0.2, 0.25) is 0 Å². The molecule has 0 radical (unpaired) electrons. The normalized spacial score (nSPS) is 10.1. The Balaban J connectivity index is 2.21. The second-order valence-corrected chi connectivity index (χ2v) is 4.11. The molecule has 0 atom stereocenters. The summed E-state index contributed by atoms with van der Waals surface area (Å²) in [5.74, 6) is -0.990. The molecule has 0 aliphatic carbocycles. The Hall–Kier alpha value is -1.46. The van der Waals surface area contributed by atoms with Gasteiger partial charge in [-0.2, -0.15) is 0 Å². The summed E-state index contributed by atoms with van der Waals surface area (Å²) in [5, 5.41) is 4.34. The molecule has 1 aromatic carbocycles. The molecule has 0 saturated carbocycles. The van der Waals surface area contributed by atoms with E-state index in [0.717, 1.165) is 0 Å². The van der Waals surface area contributed by atoms with Crippen LogP contribution in [0, 0.1) is 5.82 Å². The number of rotatable bonds is 2. The number of hydrogen-bond acceptors (Lipinski definition) is 3. The van der Waals surface area contributed by atoms with Crippen molar-refractivity contribution in [2.45, 2.75) is 0 Å². The monoisotopic (exact) mass is 256 g/mol. The van der Waals surface area contributed by atoms with Crippen LogP contribution in [0.5, 0.6) is 0 Å². The topological polar surface area (TPSA) is 42.0 Å². The van der Waals surface area contributed by atoms with Gasteiger partial charge in [-0.3, -0.25) is 4.79 Å². The number of nitrogens with one attached hydrogen (secondary N) is 1. The van der Waals surface area contributed by atoms with Gasteiger partial charge in [0.1, 0.15) is 11.5 Å². The Labute approximate surface area is 99.9 Å². The van der Waals surface area contributed by atoms with Crippen LogP contribution in [0.3, 0.4) is 0 Å². The number of benzene rings is 1. The van der Waals surface area contributed by atoms with Gasteiger partial charge in [-0.25, -0.2) is 9.37 Å². The highest BCUT2D eigenvalue weighted by molar-refractivity contribution is 7.07. The number of amides is 1. The summed E-state index contributed by atoms with van der Waals surface area (Å²) in [6.45, 7) is 0. The fraction of sp³-hybridized carbons (Fsp3) is 0. The SMILES string of the molecule is O=C(Nc1cc(Cl)ccc1F)c1cscn1. The molecule has 1 heterocycles. The first-order chi connectivity index (χ1) is 7.66. The van der Waals surface area contributed by atoms with Crippen molar-refractivity contribution in [3.8, 4) is 0 Å². The molecule has 2 rings (SSSR count). The van der Waals surface area contributed by atoms with Crippen LogP contribution < -0.4 is 5.32 Å². The maximum atomic E-state index is 13.3. The number of hydrogen-bond donors (Lipinski definition) is 1. The lowest BCUT2D eigenvalue weighted by molar-refractivity contribution is 0.102. The summed E-state index contributed by atoms with van der Waals surface area (Å²) in [7, 11) is 0. The molecule has 6 heteroatoms. The van der Waals surface area contributed by atoms with Crippen molar-refractivity contribution in [1.82, 2.24) is 4.98 Å². The quantitative estimate of drug-likeness (QED) is 0.897. The molecule has 0 bridgehead atoms. The first kappa shape index (κ1) is 11.0. The van der Waals surface area contributed by atoms with Crippen LogP contribution in [-0.4, -0.2) is 10.9 Å². The van der Waals surface area contributed by atoms with Crippen LogP contribution in [0.15, 0.2) is 29.1 Å². The molecular formula is C10H6ClFN2OS. The van der Waals surface area contributed by atoms with Crippen LogP contribution in [0.4, 0.5) is 10.1 Å². The number of aromatic nitrogens is 1.